The molecular weight excluding hydrogens is 412 g/mol. The third kappa shape index (κ3) is 4.74. The molecule has 1 atom stereocenters. The highest BCUT2D eigenvalue weighted by atomic mass is 32.2. The number of anilines is 1. The summed E-state index contributed by atoms with van der Waals surface area (Å²) in [6.07, 6.45) is 0. The van der Waals surface area contributed by atoms with Crippen LogP contribution in [0.4, 0.5) is 5.69 Å². The molecule has 0 bridgehead atoms. The summed E-state index contributed by atoms with van der Waals surface area (Å²) >= 11 is 1.21. The van der Waals surface area contributed by atoms with E-state index in [0.29, 0.717) is 33.6 Å². The number of hydrogen-bond donors (Lipinski definition) is 1. The van der Waals surface area contributed by atoms with Crippen LogP contribution in [0.3, 0.4) is 0 Å². The largest absolute Gasteiger partial charge is 0.411 e. The first-order chi connectivity index (χ1) is 14.8. The molecule has 0 spiro atoms. The lowest BCUT2D eigenvalue weighted by molar-refractivity contribution is 0.0988. The Balaban J connectivity index is 1.73. The SMILES string of the molecule is CCN(CC)c1ccc(-c2nnc(SC(C)C(=O)c3[nH]c(C)c(C(C)=O)c3C)o2)cc1. The van der Waals surface area contributed by atoms with Gasteiger partial charge in [-0.1, -0.05) is 11.8 Å². The second-order valence-electron chi connectivity index (χ2n) is 7.40. The van der Waals surface area contributed by atoms with Crippen LogP contribution in [0.1, 0.15) is 59.8 Å². The summed E-state index contributed by atoms with van der Waals surface area (Å²) in [5.41, 5.74) is 4.39. The van der Waals surface area contributed by atoms with E-state index in [1.165, 1.54) is 18.7 Å². The van der Waals surface area contributed by atoms with Crippen molar-refractivity contribution in [3.05, 3.63) is 46.8 Å². The molecule has 0 aliphatic rings. The summed E-state index contributed by atoms with van der Waals surface area (Å²) < 4.78 is 5.79. The topological polar surface area (TPSA) is 92.1 Å². The summed E-state index contributed by atoms with van der Waals surface area (Å²) in [6.45, 7) is 13.0. The van der Waals surface area contributed by atoms with Crippen LogP contribution in [0, 0.1) is 13.8 Å². The highest BCUT2D eigenvalue weighted by molar-refractivity contribution is 8.00. The fourth-order valence-corrected chi connectivity index (χ4v) is 4.45. The lowest BCUT2D eigenvalue weighted by Gasteiger charge is -2.20. The quantitative estimate of drug-likeness (QED) is 0.366. The summed E-state index contributed by atoms with van der Waals surface area (Å²) in [5.74, 6) is 0.250. The highest BCUT2D eigenvalue weighted by Crippen LogP contribution is 2.30. The van der Waals surface area contributed by atoms with Crippen molar-refractivity contribution in [1.82, 2.24) is 15.2 Å². The van der Waals surface area contributed by atoms with Gasteiger partial charge in [0.15, 0.2) is 11.6 Å². The summed E-state index contributed by atoms with van der Waals surface area (Å²) in [4.78, 5) is 30.1. The van der Waals surface area contributed by atoms with Gasteiger partial charge in [-0.2, -0.15) is 0 Å². The maximum Gasteiger partial charge on any atom is 0.277 e. The summed E-state index contributed by atoms with van der Waals surface area (Å²) in [7, 11) is 0. The van der Waals surface area contributed by atoms with Gasteiger partial charge in [-0.15, -0.1) is 10.2 Å². The normalized spacial score (nSPS) is 12.1. The number of carbonyl (C=O) groups excluding carboxylic acids is 2. The van der Waals surface area contributed by atoms with Crippen molar-refractivity contribution >= 4 is 29.0 Å². The Morgan fingerprint density at radius 3 is 2.32 bits per heavy atom. The average Bonchev–Trinajstić information content (AvgIpc) is 3.32. The van der Waals surface area contributed by atoms with E-state index in [2.05, 4.69) is 33.9 Å². The van der Waals surface area contributed by atoms with Crippen LogP contribution < -0.4 is 4.90 Å². The van der Waals surface area contributed by atoms with E-state index in [0.717, 1.165) is 24.3 Å². The maximum atomic E-state index is 12.9. The molecule has 1 N–H and O–H groups in total. The zero-order valence-corrected chi connectivity index (χ0v) is 19.6. The molecule has 0 saturated heterocycles. The van der Waals surface area contributed by atoms with Crippen molar-refractivity contribution in [1.29, 1.82) is 0 Å². The molecule has 0 fully saturated rings. The number of nitrogens with zero attached hydrogens (tertiary/aromatic N) is 3. The number of aryl methyl sites for hydroxylation is 1. The number of carbonyl (C=O) groups is 2. The molecule has 2 heterocycles. The fourth-order valence-electron chi connectivity index (χ4n) is 3.71. The number of aromatic amines is 1. The fraction of sp³-hybridized carbons (Fsp3) is 0.391. The Labute approximate surface area is 186 Å². The standard InChI is InChI=1S/C23H28N4O3S/c1-7-27(8-2)18-11-9-17(10-12-18)22-25-26-23(30-22)31-16(6)21(29)20-13(3)19(15(5)28)14(4)24-20/h9-12,16,24H,7-8H2,1-6H3. The molecule has 0 aliphatic carbocycles. The minimum atomic E-state index is -0.449. The van der Waals surface area contributed by atoms with Gasteiger partial charge in [0.2, 0.25) is 5.89 Å². The lowest BCUT2D eigenvalue weighted by atomic mass is 10.0. The first kappa shape index (κ1) is 22.8. The van der Waals surface area contributed by atoms with Gasteiger partial charge in [-0.3, -0.25) is 9.59 Å². The number of H-pyrrole nitrogens is 1. The number of aromatic nitrogens is 3. The molecule has 0 aliphatic heterocycles. The van der Waals surface area contributed by atoms with Gasteiger partial charge >= 0.3 is 0 Å². The molecule has 164 valence electrons. The van der Waals surface area contributed by atoms with Crippen LogP contribution in [0.2, 0.25) is 0 Å². The van der Waals surface area contributed by atoms with E-state index >= 15 is 0 Å². The maximum absolute atomic E-state index is 12.9. The van der Waals surface area contributed by atoms with E-state index in [9.17, 15) is 9.59 Å². The molecule has 3 aromatic rings. The first-order valence-corrected chi connectivity index (χ1v) is 11.2. The van der Waals surface area contributed by atoms with Gasteiger partial charge < -0.3 is 14.3 Å². The van der Waals surface area contributed by atoms with E-state index in [-0.39, 0.29) is 11.6 Å². The number of benzene rings is 1. The molecule has 3 rings (SSSR count). The summed E-state index contributed by atoms with van der Waals surface area (Å²) in [5, 5.41) is 8.10. The van der Waals surface area contributed by atoms with Crippen molar-refractivity contribution in [2.45, 2.75) is 52.0 Å². The van der Waals surface area contributed by atoms with Crippen molar-refractivity contribution < 1.29 is 14.0 Å². The lowest BCUT2D eigenvalue weighted by Crippen LogP contribution is -2.21. The van der Waals surface area contributed by atoms with Crippen LogP contribution in [-0.4, -0.2) is 45.1 Å². The minimum Gasteiger partial charge on any atom is -0.411 e. The van der Waals surface area contributed by atoms with E-state index < -0.39 is 5.25 Å². The van der Waals surface area contributed by atoms with Gasteiger partial charge in [-0.05, 0) is 71.4 Å². The molecule has 7 nitrogen and oxygen atoms in total. The molecule has 8 heteroatoms. The van der Waals surface area contributed by atoms with Crippen LogP contribution in [0.5, 0.6) is 0 Å². The molecule has 1 aromatic carbocycles. The molecule has 0 radical (unpaired) electrons. The molecule has 1 unspecified atom stereocenters. The Hall–Kier alpha value is -2.87. The second-order valence-corrected chi connectivity index (χ2v) is 8.69. The third-order valence-corrected chi connectivity index (χ3v) is 6.27. The molecule has 2 aromatic heterocycles. The Morgan fingerprint density at radius 1 is 1.13 bits per heavy atom. The predicted octanol–water partition coefficient (Wildman–Crippen LogP) is 5.09. The van der Waals surface area contributed by atoms with Crippen LogP contribution >= 0.6 is 11.8 Å². The number of rotatable bonds is 9. The van der Waals surface area contributed by atoms with Crippen molar-refractivity contribution in [2.75, 3.05) is 18.0 Å². The van der Waals surface area contributed by atoms with E-state index in [1.54, 1.807) is 20.8 Å². The van der Waals surface area contributed by atoms with Crippen LogP contribution in [0.25, 0.3) is 11.5 Å². The smallest absolute Gasteiger partial charge is 0.277 e. The van der Waals surface area contributed by atoms with Gasteiger partial charge in [-0.25, -0.2) is 0 Å². The monoisotopic (exact) mass is 440 g/mol. The predicted molar refractivity (Wildman–Crippen MR) is 123 cm³/mol. The van der Waals surface area contributed by atoms with E-state index in [1.807, 2.05) is 24.3 Å². The Morgan fingerprint density at radius 2 is 1.77 bits per heavy atom. The van der Waals surface area contributed by atoms with Crippen molar-refractivity contribution in [3.8, 4) is 11.5 Å². The third-order valence-electron chi connectivity index (χ3n) is 5.33. The second kappa shape index (κ2) is 9.51. The van der Waals surface area contributed by atoms with Crippen molar-refractivity contribution in [2.24, 2.45) is 0 Å². The Bertz CT molecular complexity index is 1080. The average molecular weight is 441 g/mol. The van der Waals surface area contributed by atoms with Gasteiger partial charge in [0.1, 0.15) is 0 Å². The number of Topliss-reactive ketones (excluding diaryl/α,β-unsaturated/α-hetero) is 2. The van der Waals surface area contributed by atoms with Gasteiger partial charge in [0.25, 0.3) is 5.22 Å². The number of nitrogens with one attached hydrogen (secondary N) is 1. The minimum absolute atomic E-state index is 0.0563. The van der Waals surface area contributed by atoms with Crippen molar-refractivity contribution in [3.63, 3.8) is 0 Å². The Kier molecular flexibility index (Phi) is 7.00. The molecule has 31 heavy (non-hydrogen) atoms. The molecule has 0 amide bonds. The van der Waals surface area contributed by atoms with E-state index in [4.69, 9.17) is 4.42 Å². The number of hydrogen-bond acceptors (Lipinski definition) is 7. The van der Waals surface area contributed by atoms with Crippen LogP contribution in [0.15, 0.2) is 33.9 Å². The first-order valence-electron chi connectivity index (χ1n) is 10.4. The number of thioether (sulfide) groups is 1. The zero-order chi connectivity index (χ0) is 22.7. The van der Waals surface area contributed by atoms with Gasteiger partial charge in [0.05, 0.1) is 10.9 Å². The highest BCUT2D eigenvalue weighted by Gasteiger charge is 2.25. The zero-order valence-electron chi connectivity index (χ0n) is 18.8. The van der Waals surface area contributed by atoms with Gasteiger partial charge in [0, 0.05) is 35.6 Å². The summed E-state index contributed by atoms with van der Waals surface area (Å²) in [6, 6.07) is 7.99. The van der Waals surface area contributed by atoms with Crippen LogP contribution in [-0.2, 0) is 0 Å². The molecular formula is C23H28N4O3S. The number of ketones is 2. The molecule has 0 saturated carbocycles.